The van der Waals surface area contributed by atoms with Gasteiger partial charge in [0, 0.05) is 12.2 Å². The molecule has 2 aromatic rings. The summed E-state index contributed by atoms with van der Waals surface area (Å²) in [5.74, 6) is 0. The van der Waals surface area contributed by atoms with E-state index in [1.807, 2.05) is 6.07 Å². The Balaban J connectivity index is 1.73. The molecule has 0 unspecified atom stereocenters. The molecule has 2 rings (SSSR count). The molecule has 0 amide bonds. The SMILES string of the molecule is Cc1cccc(CCCNc2ccccc2)c1. The molecule has 0 fully saturated rings. The molecule has 0 atom stereocenters. The maximum atomic E-state index is 3.43. The summed E-state index contributed by atoms with van der Waals surface area (Å²) in [4.78, 5) is 0. The van der Waals surface area contributed by atoms with Gasteiger partial charge in [-0.25, -0.2) is 0 Å². The first kappa shape index (κ1) is 11.7. The highest BCUT2D eigenvalue weighted by Gasteiger charge is 1.94. The van der Waals surface area contributed by atoms with E-state index in [0.29, 0.717) is 0 Å². The van der Waals surface area contributed by atoms with Crippen LogP contribution < -0.4 is 5.32 Å². The number of hydrogen-bond acceptors (Lipinski definition) is 1. The molecule has 0 saturated heterocycles. The second-order valence-electron chi connectivity index (χ2n) is 4.39. The van der Waals surface area contributed by atoms with Crippen LogP contribution in [-0.4, -0.2) is 6.54 Å². The van der Waals surface area contributed by atoms with Crippen molar-refractivity contribution in [1.29, 1.82) is 0 Å². The van der Waals surface area contributed by atoms with Crippen LogP contribution in [0, 0.1) is 6.92 Å². The lowest BCUT2D eigenvalue weighted by Crippen LogP contribution is -2.02. The van der Waals surface area contributed by atoms with Gasteiger partial charge in [-0.05, 0) is 37.5 Å². The van der Waals surface area contributed by atoms with Crippen molar-refractivity contribution in [2.75, 3.05) is 11.9 Å². The van der Waals surface area contributed by atoms with Gasteiger partial charge in [0.2, 0.25) is 0 Å². The second kappa shape index (κ2) is 6.09. The van der Waals surface area contributed by atoms with E-state index >= 15 is 0 Å². The zero-order valence-corrected chi connectivity index (χ0v) is 10.3. The fraction of sp³-hybridized carbons (Fsp3) is 0.250. The molecule has 17 heavy (non-hydrogen) atoms. The van der Waals surface area contributed by atoms with E-state index < -0.39 is 0 Å². The first-order valence-electron chi connectivity index (χ1n) is 6.19. The number of para-hydroxylation sites is 1. The first-order valence-corrected chi connectivity index (χ1v) is 6.19. The van der Waals surface area contributed by atoms with Crippen LogP contribution in [0.2, 0.25) is 0 Å². The second-order valence-corrected chi connectivity index (χ2v) is 4.39. The minimum absolute atomic E-state index is 1.03. The molecule has 0 radical (unpaired) electrons. The van der Waals surface area contributed by atoms with Crippen LogP contribution in [0.5, 0.6) is 0 Å². The van der Waals surface area contributed by atoms with E-state index in [1.54, 1.807) is 0 Å². The van der Waals surface area contributed by atoms with Crippen molar-refractivity contribution in [2.24, 2.45) is 0 Å². The molecular weight excluding hydrogens is 206 g/mol. The van der Waals surface area contributed by atoms with Gasteiger partial charge in [0.1, 0.15) is 0 Å². The molecule has 1 nitrogen and oxygen atoms in total. The van der Waals surface area contributed by atoms with Gasteiger partial charge in [-0.2, -0.15) is 0 Å². The van der Waals surface area contributed by atoms with Crippen molar-refractivity contribution >= 4 is 5.69 Å². The van der Waals surface area contributed by atoms with E-state index in [9.17, 15) is 0 Å². The minimum Gasteiger partial charge on any atom is -0.385 e. The van der Waals surface area contributed by atoms with Gasteiger partial charge in [-0.1, -0.05) is 48.0 Å². The Hall–Kier alpha value is -1.76. The van der Waals surface area contributed by atoms with Crippen molar-refractivity contribution in [3.63, 3.8) is 0 Å². The third-order valence-electron chi connectivity index (χ3n) is 2.83. The first-order chi connectivity index (χ1) is 8.34. The minimum atomic E-state index is 1.03. The lowest BCUT2D eigenvalue weighted by atomic mass is 10.1. The van der Waals surface area contributed by atoms with Crippen molar-refractivity contribution in [1.82, 2.24) is 0 Å². The lowest BCUT2D eigenvalue weighted by Gasteiger charge is -2.06. The van der Waals surface area contributed by atoms with Crippen LogP contribution in [-0.2, 0) is 6.42 Å². The fourth-order valence-electron chi connectivity index (χ4n) is 1.95. The highest BCUT2D eigenvalue weighted by Crippen LogP contribution is 2.08. The van der Waals surface area contributed by atoms with E-state index in [1.165, 1.54) is 23.2 Å². The molecule has 0 aliphatic carbocycles. The van der Waals surface area contributed by atoms with Gasteiger partial charge in [0.15, 0.2) is 0 Å². The molecule has 88 valence electrons. The van der Waals surface area contributed by atoms with Crippen molar-refractivity contribution < 1.29 is 0 Å². The van der Waals surface area contributed by atoms with Gasteiger partial charge >= 0.3 is 0 Å². The molecule has 0 aromatic heterocycles. The van der Waals surface area contributed by atoms with Crippen molar-refractivity contribution in [3.8, 4) is 0 Å². The predicted molar refractivity (Wildman–Crippen MR) is 74.4 cm³/mol. The molecule has 0 spiro atoms. The summed E-state index contributed by atoms with van der Waals surface area (Å²) in [5.41, 5.74) is 3.98. The van der Waals surface area contributed by atoms with E-state index in [4.69, 9.17) is 0 Å². The number of anilines is 1. The van der Waals surface area contributed by atoms with Gasteiger partial charge < -0.3 is 5.32 Å². The van der Waals surface area contributed by atoms with Gasteiger partial charge in [-0.15, -0.1) is 0 Å². The summed E-state index contributed by atoms with van der Waals surface area (Å²) in [6.07, 6.45) is 2.31. The number of hydrogen-bond donors (Lipinski definition) is 1. The molecule has 0 heterocycles. The third kappa shape index (κ3) is 3.95. The molecule has 0 saturated carbocycles. The Morgan fingerprint density at radius 2 is 1.76 bits per heavy atom. The molecule has 0 aliphatic heterocycles. The van der Waals surface area contributed by atoms with Crippen LogP contribution >= 0.6 is 0 Å². The normalized spacial score (nSPS) is 10.2. The molecule has 2 aromatic carbocycles. The molecule has 1 N–H and O–H groups in total. The van der Waals surface area contributed by atoms with Gasteiger partial charge in [0.25, 0.3) is 0 Å². The Kier molecular flexibility index (Phi) is 4.20. The maximum Gasteiger partial charge on any atom is 0.0340 e. The summed E-state index contributed by atoms with van der Waals surface area (Å²) in [6.45, 7) is 3.17. The average Bonchev–Trinajstić information content (AvgIpc) is 2.36. The Bertz CT molecular complexity index is 448. The van der Waals surface area contributed by atoms with Crippen LogP contribution in [0.15, 0.2) is 54.6 Å². The molecule has 0 aliphatic rings. The maximum absolute atomic E-state index is 3.43. The number of rotatable bonds is 5. The average molecular weight is 225 g/mol. The van der Waals surface area contributed by atoms with Crippen LogP contribution in [0.4, 0.5) is 5.69 Å². The predicted octanol–water partition coefficient (Wildman–Crippen LogP) is 4.04. The van der Waals surface area contributed by atoms with E-state index in [-0.39, 0.29) is 0 Å². The summed E-state index contributed by atoms with van der Waals surface area (Å²) in [5, 5.41) is 3.43. The number of aryl methyl sites for hydroxylation is 2. The van der Waals surface area contributed by atoms with Gasteiger partial charge in [0.05, 0.1) is 0 Å². The quantitative estimate of drug-likeness (QED) is 0.757. The monoisotopic (exact) mass is 225 g/mol. The standard InChI is InChI=1S/C16H19N/c1-14-7-5-8-15(13-14)9-6-12-17-16-10-3-2-4-11-16/h2-5,7-8,10-11,13,17H,6,9,12H2,1H3. The fourth-order valence-corrected chi connectivity index (χ4v) is 1.95. The largest absolute Gasteiger partial charge is 0.385 e. The van der Waals surface area contributed by atoms with E-state index in [2.05, 4.69) is 60.8 Å². The van der Waals surface area contributed by atoms with E-state index in [0.717, 1.165) is 13.0 Å². The third-order valence-corrected chi connectivity index (χ3v) is 2.83. The highest BCUT2D eigenvalue weighted by atomic mass is 14.9. The van der Waals surface area contributed by atoms with Crippen molar-refractivity contribution in [2.45, 2.75) is 19.8 Å². The molecular formula is C16H19N. The smallest absolute Gasteiger partial charge is 0.0340 e. The summed E-state index contributed by atoms with van der Waals surface area (Å²) in [7, 11) is 0. The zero-order valence-electron chi connectivity index (χ0n) is 10.3. The molecule has 0 bridgehead atoms. The molecule has 1 heteroatoms. The Morgan fingerprint density at radius 1 is 0.941 bits per heavy atom. The number of nitrogens with one attached hydrogen (secondary N) is 1. The van der Waals surface area contributed by atoms with Crippen LogP contribution in [0.3, 0.4) is 0 Å². The Labute approximate surface area is 103 Å². The zero-order chi connectivity index (χ0) is 11.9. The topological polar surface area (TPSA) is 12.0 Å². The van der Waals surface area contributed by atoms with Crippen LogP contribution in [0.1, 0.15) is 17.5 Å². The van der Waals surface area contributed by atoms with Gasteiger partial charge in [-0.3, -0.25) is 0 Å². The lowest BCUT2D eigenvalue weighted by molar-refractivity contribution is 0.862. The summed E-state index contributed by atoms with van der Waals surface area (Å²) >= 11 is 0. The summed E-state index contributed by atoms with van der Waals surface area (Å²) in [6, 6.07) is 19.1. The van der Waals surface area contributed by atoms with Crippen molar-refractivity contribution in [3.05, 3.63) is 65.7 Å². The summed E-state index contributed by atoms with van der Waals surface area (Å²) < 4.78 is 0. The Morgan fingerprint density at radius 3 is 2.53 bits per heavy atom. The number of benzene rings is 2. The van der Waals surface area contributed by atoms with Crippen LogP contribution in [0.25, 0.3) is 0 Å². The highest BCUT2D eigenvalue weighted by molar-refractivity contribution is 5.42.